The van der Waals surface area contributed by atoms with Crippen molar-refractivity contribution in [2.45, 2.75) is 19.4 Å². The van der Waals surface area contributed by atoms with Crippen LogP contribution in [-0.4, -0.2) is 38.2 Å². The molecule has 5 nitrogen and oxygen atoms in total. The summed E-state index contributed by atoms with van der Waals surface area (Å²) in [7, 11) is 3.55. The molecule has 1 atom stereocenters. The summed E-state index contributed by atoms with van der Waals surface area (Å²) in [6.07, 6.45) is 0.450. The first-order chi connectivity index (χ1) is 12.2. The second-order valence-electron chi connectivity index (χ2n) is 5.65. The van der Waals surface area contributed by atoms with Crippen LogP contribution in [0.25, 0.3) is 0 Å². The molecule has 0 heterocycles. The van der Waals surface area contributed by atoms with E-state index in [0.717, 1.165) is 24.3 Å². The van der Waals surface area contributed by atoms with Gasteiger partial charge in [-0.2, -0.15) is 0 Å². The second kappa shape index (κ2) is 9.69. The smallest absolute Gasteiger partial charge is 0.415 e. The fourth-order valence-corrected chi connectivity index (χ4v) is 2.73. The van der Waals surface area contributed by atoms with Crippen LogP contribution < -0.4 is 14.8 Å². The van der Waals surface area contributed by atoms with Gasteiger partial charge in [-0.25, -0.2) is 4.79 Å². The SMILES string of the molecule is CCN(C(=O)Oc1ccccc1)C(CCNC)c1ccc(OC)cc1. The van der Waals surface area contributed by atoms with Gasteiger partial charge in [0.05, 0.1) is 13.2 Å². The predicted molar refractivity (Wildman–Crippen MR) is 99.1 cm³/mol. The molecule has 0 bridgehead atoms. The van der Waals surface area contributed by atoms with E-state index in [1.54, 1.807) is 24.1 Å². The maximum atomic E-state index is 12.7. The van der Waals surface area contributed by atoms with Gasteiger partial charge < -0.3 is 19.7 Å². The number of amides is 1. The van der Waals surface area contributed by atoms with Gasteiger partial charge in [0, 0.05) is 6.54 Å². The van der Waals surface area contributed by atoms with Gasteiger partial charge in [0.2, 0.25) is 0 Å². The number of methoxy groups -OCH3 is 1. The quantitative estimate of drug-likeness (QED) is 0.791. The van der Waals surface area contributed by atoms with Gasteiger partial charge in [0.25, 0.3) is 0 Å². The molecule has 0 saturated heterocycles. The maximum absolute atomic E-state index is 12.7. The number of ether oxygens (including phenoxy) is 2. The Kier molecular flexibility index (Phi) is 7.29. The second-order valence-corrected chi connectivity index (χ2v) is 5.65. The first-order valence-corrected chi connectivity index (χ1v) is 8.51. The Morgan fingerprint density at radius 1 is 1.08 bits per heavy atom. The van der Waals surface area contributed by atoms with Gasteiger partial charge in [-0.3, -0.25) is 0 Å². The highest BCUT2D eigenvalue weighted by Gasteiger charge is 2.25. The lowest BCUT2D eigenvalue weighted by Gasteiger charge is -2.30. The molecule has 1 unspecified atom stereocenters. The van der Waals surface area contributed by atoms with Gasteiger partial charge in [0.15, 0.2) is 0 Å². The van der Waals surface area contributed by atoms with E-state index in [1.165, 1.54) is 0 Å². The van der Waals surface area contributed by atoms with Crippen molar-refractivity contribution in [3.63, 3.8) is 0 Å². The third-order valence-electron chi connectivity index (χ3n) is 4.07. The number of nitrogens with one attached hydrogen (secondary N) is 1. The van der Waals surface area contributed by atoms with Crippen molar-refractivity contribution in [2.75, 3.05) is 27.2 Å². The van der Waals surface area contributed by atoms with Crippen LogP contribution in [0.4, 0.5) is 4.79 Å². The number of hydrogen-bond acceptors (Lipinski definition) is 4. The number of rotatable bonds is 8. The van der Waals surface area contributed by atoms with E-state index in [-0.39, 0.29) is 12.1 Å². The van der Waals surface area contributed by atoms with E-state index < -0.39 is 0 Å². The van der Waals surface area contributed by atoms with Crippen molar-refractivity contribution in [3.05, 3.63) is 60.2 Å². The normalized spacial score (nSPS) is 11.6. The topological polar surface area (TPSA) is 50.8 Å². The van der Waals surface area contributed by atoms with Crippen LogP contribution in [-0.2, 0) is 0 Å². The molecule has 0 aliphatic heterocycles. The molecule has 1 N–H and O–H groups in total. The fourth-order valence-electron chi connectivity index (χ4n) is 2.73. The summed E-state index contributed by atoms with van der Waals surface area (Å²) in [5.41, 5.74) is 1.06. The molecule has 0 aliphatic rings. The number of nitrogens with zero attached hydrogens (tertiary/aromatic N) is 1. The molecule has 0 aromatic heterocycles. The molecule has 0 radical (unpaired) electrons. The summed E-state index contributed by atoms with van der Waals surface area (Å²) in [6.45, 7) is 3.32. The van der Waals surface area contributed by atoms with E-state index in [1.807, 2.05) is 56.4 Å². The Morgan fingerprint density at radius 3 is 2.32 bits per heavy atom. The van der Waals surface area contributed by atoms with Gasteiger partial charge >= 0.3 is 6.09 Å². The standard InChI is InChI=1S/C20H26N2O3/c1-4-22(20(23)25-18-8-6-5-7-9-18)19(14-15-21-2)16-10-12-17(24-3)13-11-16/h5-13,19,21H,4,14-15H2,1-3H3. The third-order valence-corrected chi connectivity index (χ3v) is 4.07. The number of carbonyl (C=O) groups is 1. The predicted octanol–water partition coefficient (Wildman–Crippen LogP) is 3.87. The summed E-state index contributed by atoms with van der Waals surface area (Å²) in [6, 6.07) is 16.9. The van der Waals surface area contributed by atoms with E-state index >= 15 is 0 Å². The summed E-state index contributed by atoms with van der Waals surface area (Å²) in [4.78, 5) is 14.5. The average molecular weight is 342 g/mol. The molecule has 2 aromatic rings. The van der Waals surface area contributed by atoms with Crippen molar-refractivity contribution in [2.24, 2.45) is 0 Å². The highest BCUT2D eigenvalue weighted by Crippen LogP contribution is 2.27. The first kappa shape index (κ1) is 18.8. The molecule has 5 heteroatoms. The van der Waals surface area contributed by atoms with Gasteiger partial charge in [-0.15, -0.1) is 0 Å². The zero-order valence-corrected chi connectivity index (χ0v) is 15.1. The van der Waals surface area contributed by atoms with Crippen LogP contribution in [0.1, 0.15) is 24.9 Å². The Labute approximate surface area is 149 Å². The number of para-hydroxylation sites is 1. The monoisotopic (exact) mass is 342 g/mol. The van der Waals surface area contributed by atoms with Crippen LogP contribution in [0.15, 0.2) is 54.6 Å². The zero-order valence-electron chi connectivity index (χ0n) is 15.1. The summed E-state index contributed by atoms with van der Waals surface area (Å²) in [5, 5.41) is 3.15. The lowest BCUT2D eigenvalue weighted by atomic mass is 10.0. The Balaban J connectivity index is 2.21. The van der Waals surface area contributed by atoms with E-state index in [9.17, 15) is 4.79 Å². The molecule has 2 rings (SSSR count). The number of carbonyl (C=O) groups excluding carboxylic acids is 1. The molecule has 2 aromatic carbocycles. The Hall–Kier alpha value is -2.53. The van der Waals surface area contributed by atoms with Crippen LogP contribution >= 0.6 is 0 Å². The van der Waals surface area contributed by atoms with Crippen molar-refractivity contribution in [3.8, 4) is 11.5 Å². The van der Waals surface area contributed by atoms with Crippen LogP contribution in [0.3, 0.4) is 0 Å². The van der Waals surface area contributed by atoms with Crippen LogP contribution in [0.2, 0.25) is 0 Å². The van der Waals surface area contributed by atoms with Gasteiger partial charge in [-0.05, 0) is 56.8 Å². The van der Waals surface area contributed by atoms with Crippen molar-refractivity contribution in [1.82, 2.24) is 10.2 Å². The Bertz CT molecular complexity index is 644. The minimum Gasteiger partial charge on any atom is -0.497 e. The highest BCUT2D eigenvalue weighted by atomic mass is 16.6. The van der Waals surface area contributed by atoms with E-state index in [0.29, 0.717) is 12.3 Å². The summed E-state index contributed by atoms with van der Waals surface area (Å²) in [5.74, 6) is 1.35. The average Bonchev–Trinajstić information content (AvgIpc) is 2.66. The van der Waals surface area contributed by atoms with Gasteiger partial charge in [0.1, 0.15) is 11.5 Å². The molecule has 134 valence electrons. The minimum absolute atomic E-state index is 0.0698. The first-order valence-electron chi connectivity index (χ1n) is 8.51. The Morgan fingerprint density at radius 2 is 1.76 bits per heavy atom. The maximum Gasteiger partial charge on any atom is 0.415 e. The molecular formula is C20H26N2O3. The minimum atomic E-state index is -0.342. The lowest BCUT2D eigenvalue weighted by molar-refractivity contribution is 0.131. The van der Waals surface area contributed by atoms with Gasteiger partial charge in [-0.1, -0.05) is 30.3 Å². The molecule has 0 spiro atoms. The number of benzene rings is 2. The van der Waals surface area contributed by atoms with E-state index in [2.05, 4.69) is 5.32 Å². The van der Waals surface area contributed by atoms with E-state index in [4.69, 9.17) is 9.47 Å². The molecule has 1 amide bonds. The lowest BCUT2D eigenvalue weighted by Crippen LogP contribution is -2.38. The van der Waals surface area contributed by atoms with Crippen molar-refractivity contribution < 1.29 is 14.3 Å². The number of hydrogen-bond donors (Lipinski definition) is 1. The molecule has 0 aliphatic carbocycles. The third kappa shape index (κ3) is 5.22. The highest BCUT2D eigenvalue weighted by molar-refractivity contribution is 5.71. The molecule has 0 fully saturated rings. The molecule has 25 heavy (non-hydrogen) atoms. The summed E-state index contributed by atoms with van der Waals surface area (Å²) < 4.78 is 10.8. The van der Waals surface area contributed by atoms with Crippen LogP contribution in [0.5, 0.6) is 11.5 Å². The largest absolute Gasteiger partial charge is 0.497 e. The van der Waals surface area contributed by atoms with Crippen LogP contribution in [0, 0.1) is 0 Å². The molecular weight excluding hydrogens is 316 g/mol. The molecule has 0 saturated carbocycles. The van der Waals surface area contributed by atoms with Crippen molar-refractivity contribution in [1.29, 1.82) is 0 Å². The zero-order chi connectivity index (χ0) is 18.1. The van der Waals surface area contributed by atoms with Crippen molar-refractivity contribution >= 4 is 6.09 Å². The summed E-state index contributed by atoms with van der Waals surface area (Å²) >= 11 is 0. The fraction of sp³-hybridized carbons (Fsp3) is 0.350.